The van der Waals surface area contributed by atoms with Crippen molar-refractivity contribution < 1.29 is 17.6 Å². The van der Waals surface area contributed by atoms with Crippen LogP contribution < -0.4 is 5.32 Å². The minimum atomic E-state index is -2.50. The molecule has 170 valence electrons. The summed E-state index contributed by atoms with van der Waals surface area (Å²) in [6.45, 7) is 3.10. The number of H-pyrrole nitrogens is 1. The van der Waals surface area contributed by atoms with Gasteiger partial charge in [0.15, 0.2) is 0 Å². The Morgan fingerprint density at radius 1 is 1.18 bits per heavy atom. The lowest BCUT2D eigenvalue weighted by molar-refractivity contribution is 0.0764. The second-order valence-corrected chi connectivity index (χ2v) is 7.93. The highest BCUT2D eigenvalue weighted by Gasteiger charge is 2.32. The molecule has 5 rings (SSSR count). The number of nitrogens with zero attached hydrogens (tertiary/aromatic N) is 5. The van der Waals surface area contributed by atoms with Crippen molar-refractivity contribution in [1.82, 2.24) is 20.2 Å². The molecule has 7 nitrogen and oxygen atoms in total. The number of hydrogen-bond donors (Lipinski definition) is 2. The number of nitrogens with one attached hydrogen (secondary N) is 2. The van der Waals surface area contributed by atoms with Crippen molar-refractivity contribution in [3.8, 4) is 11.3 Å². The summed E-state index contributed by atoms with van der Waals surface area (Å²) >= 11 is 0. The molecule has 2 N–H and O–H groups in total. The summed E-state index contributed by atoms with van der Waals surface area (Å²) in [6, 6.07) is 5.05. The molecular formula is C22H19F4N7. The first-order chi connectivity index (χ1) is 15.8. The van der Waals surface area contributed by atoms with E-state index in [1.54, 1.807) is 26.1 Å². The highest BCUT2D eigenvalue weighted by Crippen LogP contribution is 2.40. The van der Waals surface area contributed by atoms with Gasteiger partial charge in [-0.1, -0.05) is 6.07 Å². The van der Waals surface area contributed by atoms with Gasteiger partial charge in [0, 0.05) is 11.8 Å². The standard InChI is InChI=1S/C22H19F4N7/c1-10-20-21(32-31-10)12-6-16(13-7-28-33(11(13)2)9-18(25)26)27-8-17(12)29-22(30-20)19-14(23)4-3-5-15(19)24/h3-8,11,13,18H,9H2,1-2H3,(H,29,30)(H,31,32). The molecule has 3 aromatic rings. The average Bonchev–Trinajstić information content (AvgIpc) is 3.25. The van der Waals surface area contributed by atoms with Crippen LogP contribution in [0.4, 0.5) is 28.9 Å². The average molecular weight is 457 g/mol. The Balaban J connectivity index is 1.58. The Hall–Kier alpha value is -3.76. The summed E-state index contributed by atoms with van der Waals surface area (Å²) in [6.07, 6.45) is 0.615. The van der Waals surface area contributed by atoms with E-state index in [9.17, 15) is 17.6 Å². The summed E-state index contributed by atoms with van der Waals surface area (Å²) in [5.74, 6) is -1.84. The molecule has 4 heterocycles. The lowest BCUT2D eigenvalue weighted by atomic mass is 9.96. The van der Waals surface area contributed by atoms with E-state index < -0.39 is 24.6 Å². The van der Waals surface area contributed by atoms with Crippen LogP contribution in [0.3, 0.4) is 0 Å². The summed E-state index contributed by atoms with van der Waals surface area (Å²) in [5, 5.41) is 15.6. The molecule has 2 aliphatic rings. The number of anilines is 1. The predicted octanol–water partition coefficient (Wildman–Crippen LogP) is 4.60. The molecule has 2 unspecified atom stereocenters. The molecular weight excluding hydrogens is 438 g/mol. The van der Waals surface area contributed by atoms with E-state index in [2.05, 4.69) is 30.6 Å². The fourth-order valence-electron chi connectivity index (χ4n) is 4.06. The van der Waals surface area contributed by atoms with Gasteiger partial charge in [-0.2, -0.15) is 10.2 Å². The normalized spacial score (nSPS) is 19.2. The number of amidine groups is 1. The second-order valence-electron chi connectivity index (χ2n) is 7.93. The van der Waals surface area contributed by atoms with Gasteiger partial charge in [-0.25, -0.2) is 22.6 Å². The molecule has 0 aliphatic carbocycles. The summed E-state index contributed by atoms with van der Waals surface area (Å²) in [7, 11) is 0. The van der Waals surface area contributed by atoms with E-state index in [1.165, 1.54) is 17.3 Å². The minimum Gasteiger partial charge on any atom is -0.338 e. The van der Waals surface area contributed by atoms with Crippen molar-refractivity contribution in [1.29, 1.82) is 0 Å². The SMILES string of the molecule is Cc1[nH]nc2c1N=C(c1c(F)cccc1F)Nc1cnc(C3C=NN(CC(F)F)C3C)cc1-2. The fraction of sp³-hybridized carbons (Fsp3) is 0.273. The van der Waals surface area contributed by atoms with Crippen LogP contribution in [-0.2, 0) is 0 Å². The minimum absolute atomic E-state index is 0.0106. The number of halogens is 4. The number of rotatable bonds is 4. The molecule has 0 fully saturated rings. The molecule has 33 heavy (non-hydrogen) atoms. The Kier molecular flexibility index (Phi) is 5.10. The van der Waals surface area contributed by atoms with Gasteiger partial charge >= 0.3 is 0 Å². The monoisotopic (exact) mass is 457 g/mol. The largest absolute Gasteiger partial charge is 0.338 e. The number of aliphatic imine (C=N–C) groups is 1. The second kappa shape index (κ2) is 7.98. The zero-order chi connectivity index (χ0) is 23.3. The third kappa shape index (κ3) is 3.62. The number of hydrogen-bond acceptors (Lipinski definition) is 6. The third-order valence-electron chi connectivity index (χ3n) is 5.80. The Labute approximate surface area is 186 Å². The maximum Gasteiger partial charge on any atom is 0.257 e. The smallest absolute Gasteiger partial charge is 0.257 e. The van der Waals surface area contributed by atoms with E-state index in [4.69, 9.17) is 0 Å². The van der Waals surface area contributed by atoms with E-state index in [-0.39, 0.29) is 23.4 Å². The quantitative estimate of drug-likeness (QED) is 0.561. The number of alkyl halides is 2. The van der Waals surface area contributed by atoms with E-state index in [0.29, 0.717) is 34.0 Å². The van der Waals surface area contributed by atoms with Crippen molar-refractivity contribution in [2.75, 3.05) is 11.9 Å². The summed E-state index contributed by atoms with van der Waals surface area (Å²) < 4.78 is 54.7. The molecule has 2 aliphatic heterocycles. The molecule has 0 saturated carbocycles. The number of aromatic nitrogens is 3. The lowest BCUT2D eigenvalue weighted by Crippen LogP contribution is -2.32. The van der Waals surface area contributed by atoms with E-state index in [1.807, 2.05) is 0 Å². The van der Waals surface area contributed by atoms with Gasteiger partial charge < -0.3 is 5.32 Å². The van der Waals surface area contributed by atoms with Crippen LogP contribution in [-0.4, -0.2) is 51.3 Å². The van der Waals surface area contributed by atoms with Gasteiger partial charge in [0.25, 0.3) is 6.43 Å². The van der Waals surface area contributed by atoms with Crippen LogP contribution in [0.15, 0.2) is 40.6 Å². The van der Waals surface area contributed by atoms with Crippen LogP contribution in [0, 0.1) is 18.6 Å². The van der Waals surface area contributed by atoms with Crippen molar-refractivity contribution in [2.24, 2.45) is 10.1 Å². The lowest BCUT2D eigenvalue weighted by Gasteiger charge is -2.24. The molecule has 0 bridgehead atoms. The third-order valence-corrected chi connectivity index (χ3v) is 5.80. The predicted molar refractivity (Wildman–Crippen MR) is 116 cm³/mol. The van der Waals surface area contributed by atoms with Crippen LogP contribution in [0.1, 0.15) is 29.8 Å². The first-order valence-electron chi connectivity index (χ1n) is 10.3. The maximum absolute atomic E-state index is 14.5. The van der Waals surface area contributed by atoms with Crippen LogP contribution in [0.25, 0.3) is 11.3 Å². The van der Waals surface area contributed by atoms with Gasteiger partial charge in [0.05, 0.1) is 47.3 Å². The number of pyridine rings is 1. The maximum atomic E-state index is 14.5. The van der Waals surface area contributed by atoms with Crippen molar-refractivity contribution >= 4 is 23.4 Å². The van der Waals surface area contributed by atoms with Gasteiger partial charge in [0.2, 0.25) is 0 Å². The fourth-order valence-corrected chi connectivity index (χ4v) is 4.06. The molecule has 0 spiro atoms. The Morgan fingerprint density at radius 2 is 1.94 bits per heavy atom. The van der Waals surface area contributed by atoms with Crippen LogP contribution in [0.2, 0.25) is 0 Å². The first kappa shape index (κ1) is 21.1. The van der Waals surface area contributed by atoms with Crippen molar-refractivity contribution in [3.05, 3.63) is 59.0 Å². The Bertz CT molecular complexity index is 1260. The molecule has 1 aromatic carbocycles. The summed E-state index contributed by atoms with van der Waals surface area (Å²) in [4.78, 5) is 8.96. The number of aromatic amines is 1. The van der Waals surface area contributed by atoms with Crippen molar-refractivity contribution in [2.45, 2.75) is 32.2 Å². The summed E-state index contributed by atoms with van der Waals surface area (Å²) in [5.41, 5.74) is 2.92. The van der Waals surface area contributed by atoms with Crippen LogP contribution >= 0.6 is 0 Å². The molecule has 0 radical (unpaired) electrons. The van der Waals surface area contributed by atoms with Gasteiger partial charge in [-0.3, -0.25) is 15.1 Å². The molecule has 0 amide bonds. The first-order valence-corrected chi connectivity index (χ1v) is 10.3. The van der Waals surface area contributed by atoms with Gasteiger partial charge in [-0.05, 0) is 32.0 Å². The van der Waals surface area contributed by atoms with E-state index >= 15 is 0 Å². The highest BCUT2D eigenvalue weighted by molar-refractivity contribution is 6.13. The number of benzene rings is 1. The molecule has 2 aromatic heterocycles. The van der Waals surface area contributed by atoms with Crippen molar-refractivity contribution in [3.63, 3.8) is 0 Å². The Morgan fingerprint density at radius 3 is 2.67 bits per heavy atom. The van der Waals surface area contributed by atoms with Gasteiger partial charge in [0.1, 0.15) is 28.9 Å². The number of hydrazone groups is 1. The topological polar surface area (TPSA) is 81.6 Å². The van der Waals surface area contributed by atoms with Gasteiger partial charge in [-0.15, -0.1) is 0 Å². The number of aryl methyl sites for hydroxylation is 1. The zero-order valence-electron chi connectivity index (χ0n) is 17.7. The van der Waals surface area contributed by atoms with E-state index in [0.717, 1.165) is 12.1 Å². The molecule has 2 atom stereocenters. The molecule has 11 heteroatoms. The zero-order valence-corrected chi connectivity index (χ0v) is 17.7. The highest BCUT2D eigenvalue weighted by atomic mass is 19.3. The number of fused-ring (bicyclic) bond motifs is 3. The van der Waals surface area contributed by atoms with Crippen LogP contribution in [0.5, 0.6) is 0 Å². The molecule has 0 saturated heterocycles.